The monoisotopic (exact) mass is 264 g/mol. The van der Waals surface area contributed by atoms with Gasteiger partial charge in [0.2, 0.25) is 0 Å². The zero-order valence-corrected chi connectivity index (χ0v) is 10.6. The van der Waals surface area contributed by atoms with Gasteiger partial charge in [0.25, 0.3) is 0 Å². The average molecular weight is 264 g/mol. The van der Waals surface area contributed by atoms with Crippen LogP contribution in [0.2, 0.25) is 0 Å². The highest BCUT2D eigenvalue weighted by atomic mass is 19.1. The number of aliphatic hydroxyl groups excluding tert-OH is 1. The van der Waals surface area contributed by atoms with E-state index in [1.807, 2.05) is 6.07 Å². The van der Waals surface area contributed by atoms with E-state index in [0.29, 0.717) is 12.5 Å². The minimum absolute atomic E-state index is 0.216. The molecule has 0 amide bonds. The molecule has 1 saturated carbocycles. The summed E-state index contributed by atoms with van der Waals surface area (Å²) in [4.78, 5) is 0. The Morgan fingerprint density at radius 2 is 2.32 bits per heavy atom. The smallest absolute Gasteiger partial charge is 0.147 e. The van der Waals surface area contributed by atoms with E-state index in [0.717, 1.165) is 6.07 Å². The number of aliphatic hydroxyl groups is 1. The molecule has 1 aromatic rings. The molecule has 0 aromatic heterocycles. The number of nitriles is 1. The van der Waals surface area contributed by atoms with Crippen molar-refractivity contribution in [3.05, 3.63) is 29.6 Å². The molecular formula is C14H17FN2O2. The molecule has 1 atom stereocenters. The van der Waals surface area contributed by atoms with Crippen molar-refractivity contribution in [2.24, 2.45) is 5.92 Å². The summed E-state index contributed by atoms with van der Waals surface area (Å²) in [5.74, 6) is 0.168. The molecule has 0 saturated heterocycles. The minimum Gasteiger partial charge on any atom is -0.389 e. The maximum atomic E-state index is 13.5. The molecule has 19 heavy (non-hydrogen) atoms. The lowest BCUT2D eigenvalue weighted by Gasteiger charge is -2.13. The molecule has 0 bridgehead atoms. The normalized spacial score (nSPS) is 15.8. The Morgan fingerprint density at radius 3 is 2.95 bits per heavy atom. The summed E-state index contributed by atoms with van der Waals surface area (Å²) >= 11 is 0. The molecule has 2 N–H and O–H groups in total. The molecule has 102 valence electrons. The van der Waals surface area contributed by atoms with Crippen LogP contribution in [0.5, 0.6) is 0 Å². The number of halogens is 1. The highest BCUT2D eigenvalue weighted by Crippen LogP contribution is 2.28. The van der Waals surface area contributed by atoms with E-state index in [2.05, 4.69) is 5.32 Å². The fraction of sp³-hybridized carbons (Fsp3) is 0.500. The molecule has 0 aliphatic heterocycles. The van der Waals surface area contributed by atoms with Gasteiger partial charge in [0, 0.05) is 13.2 Å². The van der Waals surface area contributed by atoms with Crippen LogP contribution in [0.3, 0.4) is 0 Å². The molecule has 2 rings (SSSR count). The van der Waals surface area contributed by atoms with Gasteiger partial charge in [0.05, 0.1) is 30.0 Å². The van der Waals surface area contributed by atoms with E-state index < -0.39 is 11.9 Å². The topological polar surface area (TPSA) is 65.3 Å². The standard InChI is InChI=1S/C14H17FN2O2/c15-13-5-11(6-16)3-4-14(13)17-7-12(18)9-19-8-10-1-2-10/h3-5,10,12,17-18H,1-2,7-9H2/t12-/m1/s1. The summed E-state index contributed by atoms with van der Waals surface area (Å²) in [6.07, 6.45) is 1.75. The summed E-state index contributed by atoms with van der Waals surface area (Å²) in [5.41, 5.74) is 0.552. The van der Waals surface area contributed by atoms with Crippen LogP contribution in [0.15, 0.2) is 18.2 Å². The first-order valence-corrected chi connectivity index (χ1v) is 6.38. The van der Waals surface area contributed by atoms with Crippen LogP contribution >= 0.6 is 0 Å². The van der Waals surface area contributed by atoms with Crippen LogP contribution in [0.4, 0.5) is 10.1 Å². The number of rotatable bonds is 7. The predicted octanol–water partition coefficient (Wildman–Crippen LogP) is 1.90. The first kappa shape index (κ1) is 13.8. The van der Waals surface area contributed by atoms with Crippen LogP contribution in [0, 0.1) is 23.1 Å². The summed E-state index contributed by atoms with van der Waals surface area (Å²) in [6.45, 7) is 1.16. The van der Waals surface area contributed by atoms with Gasteiger partial charge < -0.3 is 15.2 Å². The Balaban J connectivity index is 1.72. The van der Waals surface area contributed by atoms with E-state index in [1.54, 1.807) is 0 Å². The fourth-order valence-electron chi connectivity index (χ4n) is 1.67. The molecule has 5 heteroatoms. The maximum Gasteiger partial charge on any atom is 0.147 e. The first-order chi connectivity index (χ1) is 9.19. The molecule has 0 radical (unpaired) electrons. The molecule has 4 nitrogen and oxygen atoms in total. The largest absolute Gasteiger partial charge is 0.389 e. The van der Waals surface area contributed by atoms with E-state index in [-0.39, 0.29) is 24.4 Å². The van der Waals surface area contributed by atoms with Crippen LogP contribution in [-0.2, 0) is 4.74 Å². The van der Waals surface area contributed by atoms with Crippen molar-refractivity contribution in [3.63, 3.8) is 0 Å². The summed E-state index contributed by atoms with van der Waals surface area (Å²) < 4.78 is 18.9. The molecular weight excluding hydrogens is 247 g/mol. The van der Waals surface area contributed by atoms with Crippen LogP contribution < -0.4 is 5.32 Å². The Labute approximate surface area is 111 Å². The number of nitrogens with zero attached hydrogens (tertiary/aromatic N) is 1. The second-order valence-corrected chi connectivity index (χ2v) is 4.82. The Morgan fingerprint density at radius 1 is 1.53 bits per heavy atom. The number of ether oxygens (including phenoxy) is 1. The maximum absolute atomic E-state index is 13.5. The fourth-order valence-corrected chi connectivity index (χ4v) is 1.67. The van der Waals surface area contributed by atoms with Gasteiger partial charge >= 0.3 is 0 Å². The molecule has 0 unspecified atom stereocenters. The second kappa shape index (κ2) is 6.50. The number of anilines is 1. The molecule has 0 heterocycles. The van der Waals surface area contributed by atoms with Crippen molar-refractivity contribution in [1.29, 1.82) is 5.26 Å². The van der Waals surface area contributed by atoms with Crippen molar-refractivity contribution in [2.45, 2.75) is 18.9 Å². The van der Waals surface area contributed by atoms with Crippen molar-refractivity contribution in [3.8, 4) is 6.07 Å². The third-order valence-corrected chi connectivity index (χ3v) is 2.99. The number of hydrogen-bond donors (Lipinski definition) is 2. The first-order valence-electron chi connectivity index (χ1n) is 6.38. The molecule has 1 aromatic carbocycles. The SMILES string of the molecule is N#Cc1ccc(NC[C@@H](O)COCC2CC2)c(F)c1. The van der Waals surface area contributed by atoms with E-state index in [1.165, 1.54) is 25.0 Å². The van der Waals surface area contributed by atoms with Crippen molar-refractivity contribution >= 4 is 5.69 Å². The van der Waals surface area contributed by atoms with E-state index in [4.69, 9.17) is 10.00 Å². The number of nitrogens with one attached hydrogen (secondary N) is 1. The highest BCUT2D eigenvalue weighted by molar-refractivity contribution is 5.48. The van der Waals surface area contributed by atoms with Gasteiger partial charge in [-0.15, -0.1) is 0 Å². The molecule has 1 fully saturated rings. The molecule has 1 aliphatic carbocycles. The quantitative estimate of drug-likeness (QED) is 0.789. The highest BCUT2D eigenvalue weighted by Gasteiger charge is 2.21. The molecule has 1 aliphatic rings. The van der Waals surface area contributed by atoms with E-state index in [9.17, 15) is 9.50 Å². The van der Waals surface area contributed by atoms with Crippen LogP contribution in [0.25, 0.3) is 0 Å². The van der Waals surface area contributed by atoms with E-state index >= 15 is 0 Å². The third kappa shape index (κ3) is 4.51. The lowest BCUT2D eigenvalue weighted by Crippen LogP contribution is -2.25. The minimum atomic E-state index is -0.672. The van der Waals surface area contributed by atoms with Crippen molar-refractivity contribution in [1.82, 2.24) is 0 Å². The van der Waals surface area contributed by atoms with Crippen molar-refractivity contribution < 1.29 is 14.2 Å². The zero-order chi connectivity index (χ0) is 13.7. The summed E-state index contributed by atoms with van der Waals surface area (Å²) in [7, 11) is 0. The van der Waals surface area contributed by atoms with Gasteiger partial charge in [-0.1, -0.05) is 0 Å². The van der Waals surface area contributed by atoms with Crippen molar-refractivity contribution in [2.75, 3.05) is 25.1 Å². The lowest BCUT2D eigenvalue weighted by atomic mass is 10.2. The van der Waals surface area contributed by atoms with Gasteiger partial charge in [-0.2, -0.15) is 5.26 Å². The summed E-state index contributed by atoms with van der Waals surface area (Å²) in [5, 5.41) is 21.1. The Kier molecular flexibility index (Phi) is 4.72. The third-order valence-electron chi connectivity index (χ3n) is 2.99. The Bertz CT molecular complexity index is 469. The molecule has 0 spiro atoms. The summed E-state index contributed by atoms with van der Waals surface area (Å²) in [6, 6.07) is 6.05. The van der Waals surface area contributed by atoms with Gasteiger partial charge in [0.15, 0.2) is 0 Å². The van der Waals surface area contributed by atoms with Gasteiger partial charge in [-0.05, 0) is 37.0 Å². The lowest BCUT2D eigenvalue weighted by molar-refractivity contribution is 0.0386. The van der Waals surface area contributed by atoms with Gasteiger partial charge in [-0.25, -0.2) is 4.39 Å². The van der Waals surface area contributed by atoms with Crippen LogP contribution in [-0.4, -0.2) is 31.0 Å². The Hall–Kier alpha value is -1.64. The van der Waals surface area contributed by atoms with Gasteiger partial charge in [0.1, 0.15) is 5.82 Å². The zero-order valence-electron chi connectivity index (χ0n) is 10.6. The average Bonchev–Trinajstić information content (AvgIpc) is 3.21. The van der Waals surface area contributed by atoms with Crippen LogP contribution in [0.1, 0.15) is 18.4 Å². The second-order valence-electron chi connectivity index (χ2n) is 4.82. The number of benzene rings is 1. The predicted molar refractivity (Wildman–Crippen MR) is 69.2 cm³/mol. The number of hydrogen-bond acceptors (Lipinski definition) is 4. The van der Waals surface area contributed by atoms with Gasteiger partial charge in [-0.3, -0.25) is 0 Å².